The average molecular weight is 488 g/mol. The summed E-state index contributed by atoms with van der Waals surface area (Å²) < 4.78 is 34.1. The van der Waals surface area contributed by atoms with Crippen molar-refractivity contribution in [3.63, 3.8) is 0 Å². The Morgan fingerprint density at radius 1 is 1.27 bits per heavy atom. The van der Waals surface area contributed by atoms with Gasteiger partial charge in [0.25, 0.3) is 5.91 Å². The summed E-state index contributed by atoms with van der Waals surface area (Å²) in [6.07, 6.45) is 7.30. The Morgan fingerprint density at radius 3 is 2.79 bits per heavy atom. The zero-order valence-corrected chi connectivity index (χ0v) is 20.7. The van der Waals surface area contributed by atoms with Crippen LogP contribution >= 0.6 is 11.3 Å². The monoisotopic (exact) mass is 487 g/mol. The van der Waals surface area contributed by atoms with E-state index < -0.39 is 15.9 Å². The topological polar surface area (TPSA) is 99.5 Å². The van der Waals surface area contributed by atoms with Crippen molar-refractivity contribution in [2.45, 2.75) is 69.2 Å². The highest BCUT2D eigenvalue weighted by atomic mass is 32.2. The Labute approximate surface area is 199 Å². The second-order valence-electron chi connectivity index (χ2n) is 8.52. The van der Waals surface area contributed by atoms with E-state index in [0.717, 1.165) is 61.8 Å². The van der Waals surface area contributed by atoms with Gasteiger partial charge in [-0.15, -0.1) is 11.3 Å². The molecule has 7 nitrogen and oxygen atoms in total. The van der Waals surface area contributed by atoms with Crippen LogP contribution in [0.5, 0.6) is 5.75 Å². The first-order valence-electron chi connectivity index (χ1n) is 11.5. The second kappa shape index (κ2) is 9.84. The predicted octanol–water partition coefficient (Wildman–Crippen LogP) is 4.71. The molecule has 1 aromatic heterocycles. The smallest absolute Gasteiger partial charge is 0.256 e. The normalized spacial score (nSPS) is 18.9. The summed E-state index contributed by atoms with van der Waals surface area (Å²) in [6, 6.07) is 6.66. The Kier molecular flexibility index (Phi) is 7.07. The van der Waals surface area contributed by atoms with Crippen LogP contribution in [0.15, 0.2) is 23.1 Å². The number of hydrogen-bond acceptors (Lipinski definition) is 6. The minimum Gasteiger partial charge on any atom is -0.495 e. The number of carbonyl (C=O) groups excluding carboxylic acids is 1. The molecular weight excluding hydrogens is 458 g/mol. The third-order valence-electron chi connectivity index (χ3n) is 6.57. The lowest BCUT2D eigenvalue weighted by Gasteiger charge is -2.34. The van der Waals surface area contributed by atoms with Crippen LogP contribution in [0.2, 0.25) is 0 Å². The lowest BCUT2D eigenvalue weighted by molar-refractivity contribution is 0.102. The van der Waals surface area contributed by atoms with Gasteiger partial charge in [0.2, 0.25) is 10.0 Å². The molecule has 4 rings (SSSR count). The SMILES string of the molecule is CCC1CCCCN1S(=O)(=O)c1cc(C(=O)Nc2sc3c(c2C#N)CCCC3)ccc1OC. The summed E-state index contributed by atoms with van der Waals surface area (Å²) in [6.45, 7) is 2.46. The van der Waals surface area contributed by atoms with Crippen LogP contribution in [-0.4, -0.2) is 38.3 Å². The minimum absolute atomic E-state index is 0.00369. The van der Waals surface area contributed by atoms with Crippen LogP contribution in [0, 0.1) is 11.3 Å². The second-order valence-corrected chi connectivity index (χ2v) is 11.5. The molecule has 1 amide bonds. The van der Waals surface area contributed by atoms with Gasteiger partial charge in [0.05, 0.1) is 12.7 Å². The number of anilines is 1. The van der Waals surface area contributed by atoms with Crippen molar-refractivity contribution in [1.29, 1.82) is 5.26 Å². The maximum absolute atomic E-state index is 13.6. The molecule has 9 heteroatoms. The average Bonchev–Trinajstić information content (AvgIpc) is 3.20. The summed E-state index contributed by atoms with van der Waals surface area (Å²) in [7, 11) is -2.40. The highest BCUT2D eigenvalue weighted by Gasteiger charge is 2.35. The highest BCUT2D eigenvalue weighted by molar-refractivity contribution is 7.89. The van der Waals surface area contributed by atoms with Gasteiger partial charge in [0, 0.05) is 23.0 Å². The van der Waals surface area contributed by atoms with Crippen molar-refractivity contribution >= 4 is 32.3 Å². The minimum atomic E-state index is -3.83. The van der Waals surface area contributed by atoms with Gasteiger partial charge in [-0.25, -0.2) is 8.42 Å². The number of aryl methyl sites for hydroxylation is 1. The number of rotatable bonds is 6. The summed E-state index contributed by atoms with van der Waals surface area (Å²) in [5.41, 5.74) is 1.79. The van der Waals surface area contributed by atoms with E-state index in [9.17, 15) is 18.5 Å². The van der Waals surface area contributed by atoms with E-state index in [4.69, 9.17) is 4.74 Å². The Hall–Kier alpha value is -2.41. The zero-order chi connectivity index (χ0) is 23.6. The fourth-order valence-electron chi connectivity index (χ4n) is 4.79. The molecule has 1 aliphatic heterocycles. The molecule has 176 valence electrons. The third-order valence-corrected chi connectivity index (χ3v) is 9.75. The number of ether oxygens (including phenoxy) is 1. The Morgan fingerprint density at radius 2 is 2.06 bits per heavy atom. The van der Waals surface area contributed by atoms with Crippen LogP contribution in [0.1, 0.15) is 71.8 Å². The first kappa shape index (κ1) is 23.7. The van der Waals surface area contributed by atoms with E-state index in [-0.39, 0.29) is 22.3 Å². The number of nitrogens with zero attached hydrogens (tertiary/aromatic N) is 2. The van der Waals surface area contributed by atoms with Crippen LogP contribution in [0.3, 0.4) is 0 Å². The largest absolute Gasteiger partial charge is 0.495 e. The molecule has 2 heterocycles. The third kappa shape index (κ3) is 4.52. The molecule has 0 bridgehead atoms. The quantitative estimate of drug-likeness (QED) is 0.636. The maximum atomic E-state index is 13.6. The van der Waals surface area contributed by atoms with E-state index in [0.29, 0.717) is 17.1 Å². The standard InChI is InChI=1S/C24H29N3O4S2/c1-3-17-8-6-7-13-27(17)33(29,30)22-14-16(11-12-20(22)31-2)23(28)26-24-19(15-25)18-9-4-5-10-21(18)32-24/h11-12,14,17H,3-10,13H2,1-2H3,(H,26,28). The zero-order valence-electron chi connectivity index (χ0n) is 19.0. The molecule has 0 radical (unpaired) electrons. The number of nitrogens with one attached hydrogen (secondary N) is 1. The number of methoxy groups -OCH3 is 1. The highest BCUT2D eigenvalue weighted by Crippen LogP contribution is 2.38. The van der Waals surface area contributed by atoms with Crippen LogP contribution in [0.4, 0.5) is 5.00 Å². The number of hydrogen-bond donors (Lipinski definition) is 1. The van der Waals surface area contributed by atoms with Crippen LogP contribution in [-0.2, 0) is 22.9 Å². The Bertz CT molecular complexity index is 1200. The van der Waals surface area contributed by atoms with Crippen molar-refractivity contribution in [1.82, 2.24) is 4.31 Å². The first-order valence-corrected chi connectivity index (χ1v) is 13.7. The van der Waals surface area contributed by atoms with Gasteiger partial charge in [0.15, 0.2) is 0 Å². The molecule has 0 saturated carbocycles. The fourth-order valence-corrected chi connectivity index (χ4v) is 7.98. The molecule has 2 aliphatic rings. The number of thiophene rings is 1. The van der Waals surface area contributed by atoms with Crippen LogP contribution < -0.4 is 10.1 Å². The summed E-state index contributed by atoms with van der Waals surface area (Å²) in [4.78, 5) is 14.3. The number of piperidine rings is 1. The first-order chi connectivity index (χ1) is 15.9. The van der Waals surface area contributed by atoms with E-state index in [2.05, 4.69) is 11.4 Å². The van der Waals surface area contributed by atoms with Crippen molar-refractivity contribution in [2.24, 2.45) is 0 Å². The molecule has 1 aromatic carbocycles. The van der Waals surface area contributed by atoms with E-state index in [1.165, 1.54) is 30.6 Å². The molecule has 1 unspecified atom stereocenters. The van der Waals surface area contributed by atoms with Crippen molar-refractivity contribution < 1.29 is 17.9 Å². The predicted molar refractivity (Wildman–Crippen MR) is 128 cm³/mol. The molecule has 1 saturated heterocycles. The number of sulfonamides is 1. The number of nitriles is 1. The number of benzene rings is 1. The molecule has 33 heavy (non-hydrogen) atoms. The van der Waals surface area contributed by atoms with Gasteiger partial charge in [-0.1, -0.05) is 13.3 Å². The molecule has 1 atom stereocenters. The van der Waals surface area contributed by atoms with Gasteiger partial charge in [-0.3, -0.25) is 4.79 Å². The molecule has 2 aromatic rings. The van der Waals surface area contributed by atoms with Gasteiger partial charge in [-0.05, 0) is 68.7 Å². The fraction of sp³-hybridized carbons (Fsp3) is 0.500. The van der Waals surface area contributed by atoms with Gasteiger partial charge in [0.1, 0.15) is 21.7 Å². The van der Waals surface area contributed by atoms with E-state index in [1.807, 2.05) is 6.92 Å². The van der Waals surface area contributed by atoms with Crippen molar-refractivity contribution in [3.8, 4) is 11.8 Å². The van der Waals surface area contributed by atoms with Crippen molar-refractivity contribution in [3.05, 3.63) is 39.8 Å². The van der Waals surface area contributed by atoms with E-state index in [1.54, 1.807) is 10.4 Å². The van der Waals surface area contributed by atoms with E-state index >= 15 is 0 Å². The van der Waals surface area contributed by atoms with Crippen molar-refractivity contribution in [2.75, 3.05) is 19.0 Å². The Balaban J connectivity index is 1.67. The maximum Gasteiger partial charge on any atom is 0.256 e. The van der Waals surface area contributed by atoms with Crippen LogP contribution in [0.25, 0.3) is 0 Å². The number of fused-ring (bicyclic) bond motifs is 1. The van der Waals surface area contributed by atoms with Gasteiger partial charge >= 0.3 is 0 Å². The lowest BCUT2D eigenvalue weighted by atomic mass is 9.96. The molecular formula is C24H29N3O4S2. The molecule has 1 N–H and O–H groups in total. The van der Waals surface area contributed by atoms with Gasteiger partial charge in [-0.2, -0.15) is 9.57 Å². The number of carbonyl (C=O) groups is 1. The lowest BCUT2D eigenvalue weighted by Crippen LogP contribution is -2.43. The molecule has 0 spiro atoms. The number of amides is 1. The summed E-state index contributed by atoms with van der Waals surface area (Å²) in [5.74, 6) is -0.217. The summed E-state index contributed by atoms with van der Waals surface area (Å²) >= 11 is 1.45. The molecule has 1 aliphatic carbocycles. The molecule has 1 fully saturated rings. The summed E-state index contributed by atoms with van der Waals surface area (Å²) in [5, 5.41) is 13.1. The van der Waals surface area contributed by atoms with Gasteiger partial charge < -0.3 is 10.1 Å².